The minimum Gasteiger partial charge on any atom is -0.396 e. The zero-order chi connectivity index (χ0) is 15.2. The number of hydrogen-bond donors (Lipinski definition) is 2. The van der Waals surface area contributed by atoms with Gasteiger partial charge in [0, 0.05) is 19.1 Å². The van der Waals surface area contributed by atoms with E-state index in [1.54, 1.807) is 0 Å². The first-order chi connectivity index (χ1) is 9.61. The highest BCUT2D eigenvalue weighted by molar-refractivity contribution is 5.76. The summed E-state index contributed by atoms with van der Waals surface area (Å²) in [7, 11) is 0. The lowest BCUT2D eigenvalue weighted by atomic mass is 10.0. The van der Waals surface area contributed by atoms with Crippen molar-refractivity contribution in [1.82, 2.24) is 5.32 Å². The van der Waals surface area contributed by atoms with Gasteiger partial charge in [-0.3, -0.25) is 4.79 Å². The topological polar surface area (TPSA) is 49.3 Å². The summed E-state index contributed by atoms with van der Waals surface area (Å²) < 4.78 is 0. The van der Waals surface area contributed by atoms with Gasteiger partial charge in [-0.25, -0.2) is 0 Å². The van der Waals surface area contributed by atoms with Gasteiger partial charge in [-0.2, -0.15) is 0 Å². The number of carbonyl (C=O) groups excluding carboxylic acids is 1. The standard InChI is InChI=1S/C17H35NO2/c1-4-5-6-7-8-9-10-11-12-13-17(20)18-16(3)15(2)14-19/h15-16,19H,4-14H2,1-3H3,(H,18,20). The summed E-state index contributed by atoms with van der Waals surface area (Å²) in [4.78, 5) is 11.7. The van der Waals surface area contributed by atoms with Gasteiger partial charge in [-0.15, -0.1) is 0 Å². The summed E-state index contributed by atoms with van der Waals surface area (Å²) in [6.45, 7) is 6.27. The molecule has 0 rings (SSSR count). The molecule has 120 valence electrons. The van der Waals surface area contributed by atoms with Gasteiger partial charge in [-0.1, -0.05) is 65.2 Å². The molecule has 2 N–H and O–H groups in total. The Balaban J connectivity index is 3.35. The molecule has 0 aliphatic carbocycles. The van der Waals surface area contributed by atoms with Gasteiger partial charge in [0.1, 0.15) is 0 Å². The second kappa shape index (κ2) is 13.4. The molecule has 0 aliphatic rings. The summed E-state index contributed by atoms with van der Waals surface area (Å²) in [5.41, 5.74) is 0. The Bertz CT molecular complexity index is 231. The van der Waals surface area contributed by atoms with Crippen LogP contribution >= 0.6 is 0 Å². The summed E-state index contributed by atoms with van der Waals surface area (Å²) >= 11 is 0. The molecule has 3 nitrogen and oxygen atoms in total. The van der Waals surface area contributed by atoms with Gasteiger partial charge in [0.05, 0.1) is 0 Å². The van der Waals surface area contributed by atoms with Gasteiger partial charge in [0.2, 0.25) is 5.91 Å². The Labute approximate surface area is 125 Å². The molecular weight excluding hydrogens is 250 g/mol. The van der Waals surface area contributed by atoms with Crippen LogP contribution in [0.3, 0.4) is 0 Å². The highest BCUT2D eigenvalue weighted by atomic mass is 16.3. The molecule has 0 saturated carbocycles. The molecular formula is C17H35NO2. The van der Waals surface area contributed by atoms with Crippen LogP contribution in [0.1, 0.15) is 85.0 Å². The lowest BCUT2D eigenvalue weighted by molar-refractivity contribution is -0.122. The summed E-state index contributed by atoms with van der Waals surface area (Å²) in [5.74, 6) is 0.253. The number of unbranched alkanes of at least 4 members (excludes halogenated alkanes) is 8. The maximum atomic E-state index is 11.7. The maximum Gasteiger partial charge on any atom is 0.220 e. The minimum atomic E-state index is 0.0612. The van der Waals surface area contributed by atoms with Crippen LogP contribution in [0.4, 0.5) is 0 Å². The van der Waals surface area contributed by atoms with Crippen molar-refractivity contribution in [3.63, 3.8) is 0 Å². The molecule has 20 heavy (non-hydrogen) atoms. The first-order valence-corrected chi connectivity index (χ1v) is 8.52. The zero-order valence-electron chi connectivity index (χ0n) is 13.8. The van der Waals surface area contributed by atoms with E-state index < -0.39 is 0 Å². The van der Waals surface area contributed by atoms with Crippen LogP contribution in [0.2, 0.25) is 0 Å². The van der Waals surface area contributed by atoms with Crippen LogP contribution in [0.15, 0.2) is 0 Å². The molecule has 1 amide bonds. The average molecular weight is 285 g/mol. The summed E-state index contributed by atoms with van der Waals surface area (Å²) in [6.07, 6.45) is 12.1. The largest absolute Gasteiger partial charge is 0.396 e. The molecule has 0 bridgehead atoms. The van der Waals surface area contributed by atoms with Gasteiger partial charge >= 0.3 is 0 Å². The molecule has 0 aromatic carbocycles. The number of rotatable bonds is 13. The minimum absolute atomic E-state index is 0.0612. The number of aliphatic hydroxyl groups excluding tert-OH is 1. The molecule has 0 aromatic heterocycles. The average Bonchev–Trinajstić information content (AvgIpc) is 2.44. The Hall–Kier alpha value is -0.570. The normalized spacial score (nSPS) is 14.0. The third kappa shape index (κ3) is 11.3. The van der Waals surface area contributed by atoms with Crippen LogP contribution in [-0.2, 0) is 4.79 Å². The first-order valence-electron chi connectivity index (χ1n) is 8.52. The fourth-order valence-electron chi connectivity index (χ4n) is 2.22. The molecule has 0 heterocycles. The Kier molecular flexibility index (Phi) is 13.0. The highest BCUT2D eigenvalue weighted by Crippen LogP contribution is 2.10. The van der Waals surface area contributed by atoms with E-state index in [9.17, 15) is 4.79 Å². The molecule has 3 heteroatoms. The first kappa shape index (κ1) is 19.4. The molecule has 2 atom stereocenters. The van der Waals surface area contributed by atoms with Crippen LogP contribution in [0.25, 0.3) is 0 Å². The molecule has 0 spiro atoms. The SMILES string of the molecule is CCCCCCCCCCCC(=O)NC(C)C(C)CO. The predicted octanol–water partition coefficient (Wildman–Crippen LogP) is 4.04. The second-order valence-electron chi connectivity index (χ2n) is 6.09. The fraction of sp³-hybridized carbons (Fsp3) is 0.941. The Morgan fingerprint density at radius 2 is 1.45 bits per heavy atom. The van der Waals surface area contributed by atoms with E-state index in [1.807, 2.05) is 13.8 Å². The monoisotopic (exact) mass is 285 g/mol. The summed E-state index contributed by atoms with van der Waals surface area (Å²) in [6, 6.07) is 0.0612. The number of amides is 1. The van der Waals surface area contributed by atoms with Gasteiger partial charge < -0.3 is 10.4 Å². The lowest BCUT2D eigenvalue weighted by Gasteiger charge is -2.19. The van der Waals surface area contributed by atoms with Gasteiger partial charge in [-0.05, 0) is 19.3 Å². The molecule has 0 fully saturated rings. The van der Waals surface area contributed by atoms with Gasteiger partial charge in [0.15, 0.2) is 0 Å². The molecule has 0 aliphatic heterocycles. The quantitative estimate of drug-likeness (QED) is 0.502. The van der Waals surface area contributed by atoms with Crippen molar-refractivity contribution in [3.05, 3.63) is 0 Å². The van der Waals surface area contributed by atoms with E-state index in [2.05, 4.69) is 12.2 Å². The predicted molar refractivity (Wildman–Crippen MR) is 85.7 cm³/mol. The lowest BCUT2D eigenvalue weighted by Crippen LogP contribution is -2.38. The van der Waals surface area contributed by atoms with Gasteiger partial charge in [0.25, 0.3) is 0 Å². The van der Waals surface area contributed by atoms with E-state index in [0.29, 0.717) is 6.42 Å². The maximum absolute atomic E-state index is 11.7. The number of aliphatic hydroxyl groups is 1. The van der Waals surface area contributed by atoms with Crippen molar-refractivity contribution in [2.24, 2.45) is 5.92 Å². The molecule has 0 saturated heterocycles. The van der Waals surface area contributed by atoms with Crippen LogP contribution < -0.4 is 5.32 Å². The van der Waals surface area contributed by atoms with Crippen molar-refractivity contribution in [1.29, 1.82) is 0 Å². The number of nitrogens with one attached hydrogen (secondary N) is 1. The van der Waals surface area contributed by atoms with E-state index in [-0.39, 0.29) is 24.5 Å². The number of hydrogen-bond acceptors (Lipinski definition) is 2. The third-order valence-electron chi connectivity index (χ3n) is 4.04. The third-order valence-corrected chi connectivity index (χ3v) is 4.04. The smallest absolute Gasteiger partial charge is 0.220 e. The Morgan fingerprint density at radius 1 is 0.950 bits per heavy atom. The highest BCUT2D eigenvalue weighted by Gasteiger charge is 2.13. The number of carbonyl (C=O) groups is 1. The van der Waals surface area contributed by atoms with Crippen molar-refractivity contribution in [3.8, 4) is 0 Å². The van der Waals surface area contributed by atoms with E-state index in [4.69, 9.17) is 5.11 Å². The van der Waals surface area contributed by atoms with E-state index in [1.165, 1.54) is 44.9 Å². The fourth-order valence-corrected chi connectivity index (χ4v) is 2.22. The van der Waals surface area contributed by atoms with Crippen LogP contribution in [-0.4, -0.2) is 23.7 Å². The van der Waals surface area contributed by atoms with Crippen molar-refractivity contribution >= 4 is 5.91 Å². The van der Waals surface area contributed by atoms with Crippen molar-refractivity contribution < 1.29 is 9.90 Å². The molecule has 2 unspecified atom stereocenters. The van der Waals surface area contributed by atoms with E-state index >= 15 is 0 Å². The summed E-state index contributed by atoms with van der Waals surface area (Å²) in [5, 5.41) is 12.0. The van der Waals surface area contributed by atoms with E-state index in [0.717, 1.165) is 12.8 Å². The molecule has 0 aromatic rings. The zero-order valence-corrected chi connectivity index (χ0v) is 13.8. The molecule has 0 radical (unpaired) electrons. The van der Waals surface area contributed by atoms with Crippen LogP contribution in [0.5, 0.6) is 0 Å². The van der Waals surface area contributed by atoms with Crippen molar-refractivity contribution in [2.45, 2.75) is 91.0 Å². The van der Waals surface area contributed by atoms with Crippen LogP contribution in [0, 0.1) is 5.92 Å². The Morgan fingerprint density at radius 3 is 1.95 bits per heavy atom. The second-order valence-corrected chi connectivity index (χ2v) is 6.09. The van der Waals surface area contributed by atoms with Crippen molar-refractivity contribution in [2.75, 3.05) is 6.61 Å².